The molecule has 4 nitrogen and oxygen atoms in total. The van der Waals surface area contributed by atoms with E-state index in [0.29, 0.717) is 13.0 Å². The molecular formula is C18H28FNO3. The Labute approximate surface area is 138 Å². The van der Waals surface area contributed by atoms with Gasteiger partial charge in [0.15, 0.2) is 11.6 Å². The maximum atomic E-state index is 13.6. The second-order valence-electron chi connectivity index (χ2n) is 6.90. The highest BCUT2D eigenvalue weighted by molar-refractivity contribution is 5.76. The van der Waals surface area contributed by atoms with Gasteiger partial charge in [-0.2, -0.15) is 0 Å². The average Bonchev–Trinajstić information content (AvgIpc) is 2.43. The highest BCUT2D eigenvalue weighted by Crippen LogP contribution is 2.22. The lowest BCUT2D eigenvalue weighted by Crippen LogP contribution is -2.47. The Morgan fingerprint density at radius 2 is 1.91 bits per heavy atom. The molecule has 1 N–H and O–H groups in total. The Morgan fingerprint density at radius 3 is 2.48 bits per heavy atom. The Hall–Kier alpha value is -1.62. The Morgan fingerprint density at radius 1 is 1.26 bits per heavy atom. The average molecular weight is 325 g/mol. The van der Waals surface area contributed by atoms with E-state index in [4.69, 9.17) is 9.47 Å². The third-order valence-corrected chi connectivity index (χ3v) is 3.40. The maximum Gasteiger partial charge on any atom is 0.222 e. The number of para-hydroxylation sites is 1. The highest BCUT2D eigenvalue weighted by Gasteiger charge is 2.27. The van der Waals surface area contributed by atoms with Gasteiger partial charge in [0.05, 0.1) is 18.8 Å². The molecule has 0 aliphatic rings. The van der Waals surface area contributed by atoms with Crippen LogP contribution in [0.15, 0.2) is 24.3 Å². The molecular weight excluding hydrogens is 297 g/mol. The van der Waals surface area contributed by atoms with Crippen molar-refractivity contribution in [2.75, 3.05) is 13.2 Å². The van der Waals surface area contributed by atoms with Gasteiger partial charge in [0, 0.05) is 6.42 Å². The molecule has 0 bridgehead atoms. The molecule has 1 rings (SSSR count). The molecule has 0 saturated carbocycles. The Bertz CT molecular complexity index is 497. The second-order valence-corrected chi connectivity index (χ2v) is 6.90. The van der Waals surface area contributed by atoms with Gasteiger partial charge in [0.2, 0.25) is 5.91 Å². The maximum absolute atomic E-state index is 13.6. The van der Waals surface area contributed by atoms with Crippen molar-refractivity contribution in [2.45, 2.75) is 53.2 Å². The minimum absolute atomic E-state index is 0.0947. The van der Waals surface area contributed by atoms with Crippen LogP contribution >= 0.6 is 0 Å². The van der Waals surface area contributed by atoms with E-state index >= 15 is 0 Å². The first-order valence-corrected chi connectivity index (χ1v) is 7.98. The SMILES string of the molecule is CC(C)OCCC(=O)NC(COc1ccccc1F)C(C)(C)C. The summed E-state index contributed by atoms with van der Waals surface area (Å²) in [5.41, 5.74) is -0.209. The molecule has 0 aliphatic heterocycles. The minimum atomic E-state index is -0.406. The zero-order valence-corrected chi connectivity index (χ0v) is 14.7. The molecule has 0 aliphatic carbocycles. The van der Waals surface area contributed by atoms with Crippen molar-refractivity contribution >= 4 is 5.91 Å². The van der Waals surface area contributed by atoms with Crippen molar-refractivity contribution in [3.8, 4) is 5.75 Å². The number of hydrogen-bond acceptors (Lipinski definition) is 3. The number of benzene rings is 1. The molecule has 23 heavy (non-hydrogen) atoms. The third-order valence-electron chi connectivity index (χ3n) is 3.40. The van der Waals surface area contributed by atoms with Crippen LogP contribution in [-0.2, 0) is 9.53 Å². The fourth-order valence-electron chi connectivity index (χ4n) is 1.90. The summed E-state index contributed by atoms with van der Waals surface area (Å²) in [4.78, 5) is 12.0. The van der Waals surface area contributed by atoms with Gasteiger partial charge in [-0.1, -0.05) is 32.9 Å². The number of rotatable bonds is 8. The van der Waals surface area contributed by atoms with E-state index in [9.17, 15) is 9.18 Å². The first-order valence-electron chi connectivity index (χ1n) is 7.98. The van der Waals surface area contributed by atoms with Gasteiger partial charge in [0.25, 0.3) is 0 Å². The second kappa shape index (κ2) is 8.87. The molecule has 0 aromatic heterocycles. The minimum Gasteiger partial charge on any atom is -0.488 e. The smallest absolute Gasteiger partial charge is 0.222 e. The van der Waals surface area contributed by atoms with Crippen molar-refractivity contribution in [1.29, 1.82) is 0 Å². The molecule has 0 spiro atoms. The topological polar surface area (TPSA) is 47.6 Å². The monoisotopic (exact) mass is 325 g/mol. The molecule has 0 radical (unpaired) electrons. The lowest BCUT2D eigenvalue weighted by Gasteiger charge is -2.31. The van der Waals surface area contributed by atoms with E-state index < -0.39 is 5.82 Å². The largest absolute Gasteiger partial charge is 0.488 e. The van der Waals surface area contributed by atoms with E-state index in [0.717, 1.165) is 0 Å². The molecule has 1 unspecified atom stereocenters. The predicted molar refractivity (Wildman–Crippen MR) is 89.0 cm³/mol. The predicted octanol–water partition coefficient (Wildman–Crippen LogP) is 3.55. The summed E-state index contributed by atoms with van der Waals surface area (Å²) in [6.45, 7) is 10.5. The van der Waals surface area contributed by atoms with E-state index in [2.05, 4.69) is 5.32 Å². The van der Waals surface area contributed by atoms with Crippen LogP contribution < -0.4 is 10.1 Å². The summed E-state index contributed by atoms with van der Waals surface area (Å²) in [7, 11) is 0. The van der Waals surface area contributed by atoms with Crippen LogP contribution in [0.25, 0.3) is 0 Å². The standard InChI is InChI=1S/C18H28FNO3/c1-13(2)22-11-10-17(21)20-16(18(3,4)5)12-23-15-9-7-6-8-14(15)19/h6-9,13,16H,10-12H2,1-5H3,(H,20,21). The highest BCUT2D eigenvalue weighted by atomic mass is 19.1. The van der Waals surface area contributed by atoms with Crippen molar-refractivity contribution < 1.29 is 18.7 Å². The van der Waals surface area contributed by atoms with Crippen LogP contribution in [0.3, 0.4) is 0 Å². The summed E-state index contributed by atoms with van der Waals surface area (Å²) >= 11 is 0. The summed E-state index contributed by atoms with van der Waals surface area (Å²) in [5.74, 6) is -0.307. The molecule has 130 valence electrons. The fraction of sp³-hybridized carbons (Fsp3) is 0.611. The molecule has 1 amide bonds. The summed E-state index contributed by atoms with van der Waals surface area (Å²) in [5, 5.41) is 2.95. The number of nitrogens with one attached hydrogen (secondary N) is 1. The number of hydrogen-bond donors (Lipinski definition) is 1. The summed E-state index contributed by atoms with van der Waals surface area (Å²) < 4.78 is 24.5. The van der Waals surface area contributed by atoms with Crippen LogP contribution in [0, 0.1) is 11.2 Å². The van der Waals surface area contributed by atoms with Crippen LogP contribution in [0.4, 0.5) is 4.39 Å². The fourth-order valence-corrected chi connectivity index (χ4v) is 1.90. The van der Waals surface area contributed by atoms with Crippen molar-refractivity contribution in [1.82, 2.24) is 5.32 Å². The van der Waals surface area contributed by atoms with Crippen molar-refractivity contribution in [3.63, 3.8) is 0 Å². The van der Waals surface area contributed by atoms with Gasteiger partial charge in [-0.3, -0.25) is 4.79 Å². The Balaban J connectivity index is 2.56. The molecule has 5 heteroatoms. The quantitative estimate of drug-likeness (QED) is 0.795. The van der Waals surface area contributed by atoms with E-state index in [-0.39, 0.29) is 35.8 Å². The first-order chi connectivity index (χ1) is 10.7. The zero-order chi connectivity index (χ0) is 17.5. The molecule has 0 fully saturated rings. The normalized spacial score (nSPS) is 13.0. The summed E-state index contributed by atoms with van der Waals surface area (Å²) in [6.07, 6.45) is 0.398. The lowest BCUT2D eigenvalue weighted by atomic mass is 9.87. The van der Waals surface area contributed by atoms with Crippen LogP contribution in [0.1, 0.15) is 41.0 Å². The first kappa shape index (κ1) is 19.4. The van der Waals surface area contributed by atoms with Crippen LogP contribution in [0.2, 0.25) is 0 Å². The van der Waals surface area contributed by atoms with Crippen LogP contribution in [0.5, 0.6) is 5.75 Å². The molecule has 0 saturated heterocycles. The van der Waals surface area contributed by atoms with Gasteiger partial charge in [-0.15, -0.1) is 0 Å². The van der Waals surface area contributed by atoms with Crippen molar-refractivity contribution in [3.05, 3.63) is 30.1 Å². The van der Waals surface area contributed by atoms with Gasteiger partial charge in [0.1, 0.15) is 6.61 Å². The third kappa shape index (κ3) is 7.46. The molecule has 0 heterocycles. The number of halogens is 1. The number of carbonyl (C=O) groups is 1. The molecule has 1 aromatic carbocycles. The summed E-state index contributed by atoms with van der Waals surface area (Å²) in [6, 6.07) is 6.02. The zero-order valence-electron chi connectivity index (χ0n) is 14.7. The number of ether oxygens (including phenoxy) is 2. The lowest BCUT2D eigenvalue weighted by molar-refractivity contribution is -0.124. The van der Waals surface area contributed by atoms with E-state index in [1.807, 2.05) is 34.6 Å². The van der Waals surface area contributed by atoms with Gasteiger partial charge < -0.3 is 14.8 Å². The number of carbonyl (C=O) groups excluding carboxylic acids is 1. The Kier molecular flexibility index (Phi) is 7.49. The van der Waals surface area contributed by atoms with E-state index in [1.165, 1.54) is 6.07 Å². The van der Waals surface area contributed by atoms with Crippen LogP contribution in [-0.4, -0.2) is 31.3 Å². The van der Waals surface area contributed by atoms with Gasteiger partial charge in [-0.05, 0) is 31.4 Å². The van der Waals surface area contributed by atoms with E-state index in [1.54, 1.807) is 18.2 Å². The number of amides is 1. The van der Waals surface area contributed by atoms with Crippen molar-refractivity contribution in [2.24, 2.45) is 5.41 Å². The molecule has 1 aromatic rings. The van der Waals surface area contributed by atoms with Gasteiger partial charge in [-0.25, -0.2) is 4.39 Å². The molecule has 1 atom stereocenters. The van der Waals surface area contributed by atoms with Gasteiger partial charge >= 0.3 is 0 Å².